The lowest BCUT2D eigenvalue weighted by molar-refractivity contribution is -1.10. The molecule has 204 valence electrons. The maximum Gasteiger partial charge on any atom is -0.000496 e. The van der Waals surface area contributed by atoms with Crippen LogP contribution in [0.1, 0.15) is 96.9 Å². The van der Waals surface area contributed by atoms with Gasteiger partial charge in [-0.05, 0) is 138 Å². The van der Waals surface area contributed by atoms with Crippen LogP contribution in [0.15, 0.2) is 0 Å². The van der Waals surface area contributed by atoms with Crippen molar-refractivity contribution >= 4 is 0 Å². The monoisotopic (exact) mass is 516 g/mol. The third-order valence-corrected chi connectivity index (χ3v) is 29.1. The van der Waals surface area contributed by atoms with Crippen molar-refractivity contribution in [2.24, 2.45) is 138 Å². The van der Waals surface area contributed by atoms with E-state index in [4.69, 9.17) is 0 Å². The second-order valence-corrected chi connectivity index (χ2v) is 23.1. The van der Waals surface area contributed by atoms with E-state index in [1.807, 2.05) is 0 Å². The molecule has 0 amide bonds. The highest BCUT2D eigenvalue weighted by molar-refractivity contribution is 6.00. The topological polar surface area (TPSA) is 0 Å². The highest BCUT2D eigenvalue weighted by Gasteiger charge is 3.55. The average Bonchev–Trinajstić information content (AvgIpc) is 2.83. The van der Waals surface area contributed by atoms with Crippen molar-refractivity contribution in [3.05, 3.63) is 0 Å². The Morgan fingerprint density at radius 1 is 0.385 bits per heavy atom. The summed E-state index contributed by atoms with van der Waals surface area (Å²) in [5.74, 6) is 6.56. The van der Waals surface area contributed by atoms with Gasteiger partial charge in [0.1, 0.15) is 0 Å². The van der Waals surface area contributed by atoms with Crippen LogP contribution in [-0.4, -0.2) is 0 Å². The molecular weight excluding hydrogens is 468 g/mol. The minimum absolute atomic E-state index is 0.447. The van der Waals surface area contributed by atoms with Gasteiger partial charge in [-0.3, -0.25) is 0 Å². The van der Waals surface area contributed by atoms with Crippen LogP contribution in [0.5, 0.6) is 0 Å². The van der Waals surface area contributed by atoms with Gasteiger partial charge in [-0.25, -0.2) is 0 Å². The van der Waals surface area contributed by atoms with Gasteiger partial charge in [-0.15, -0.1) is 0 Å². The molecule has 0 nitrogen and oxygen atoms in total. The molecule has 0 bridgehead atoms. The Morgan fingerprint density at radius 3 is 1.54 bits per heavy atom. The van der Waals surface area contributed by atoms with E-state index in [1.54, 1.807) is 0 Å². The Labute approximate surface area is 235 Å². The van der Waals surface area contributed by atoms with Crippen LogP contribution in [0, 0.1) is 138 Å². The Kier molecular flexibility index (Phi) is 1.48. The minimum Gasteiger partial charge on any atom is -0.0619 e. The molecule has 39 heavy (non-hydrogen) atoms. The molecule has 0 aromatic heterocycles. The fraction of sp³-hybridized carbons (Fsp3) is 1.00. The van der Waals surface area contributed by atoms with Crippen LogP contribution in [0.4, 0.5) is 0 Å². The van der Waals surface area contributed by atoms with Gasteiger partial charge in [0.15, 0.2) is 0 Å². The maximum absolute atomic E-state index is 3.00. The molecule has 23 atom stereocenters. The molecule has 0 radical (unpaired) electrons. The summed E-state index contributed by atoms with van der Waals surface area (Å²) in [5, 5.41) is 0. The van der Waals surface area contributed by atoms with Gasteiger partial charge in [0, 0.05) is 0 Å². The SMILES string of the molecule is CC1C2C3C4C(C)C5(C)C6(C)C7(C)C(C)(C)C8(C)C9(C)C%10(C)C(C)(C)C%11(C)C%12(C)C1C21C32C45C63C78C94C%11%10C%121C234. The van der Waals surface area contributed by atoms with Gasteiger partial charge in [0.25, 0.3) is 0 Å². The van der Waals surface area contributed by atoms with Gasteiger partial charge >= 0.3 is 0 Å². The van der Waals surface area contributed by atoms with E-state index in [0.717, 1.165) is 67.5 Å². The molecule has 16 fully saturated rings. The van der Waals surface area contributed by atoms with Crippen molar-refractivity contribution in [3.63, 3.8) is 0 Å². The summed E-state index contributed by atoms with van der Waals surface area (Å²) < 4.78 is 0. The standard InChI is InChI=1S/C39H48/c1-15-17-19-18-16(2)23(7)29(13)26(10)22(5,6)28(12)30(14)27(11)21(3,4)25(9)24(8)20(15)31(17)33(19)32(18,23)37(29)36(26,28)38(30)35(25,27)34(24,31)39(33,37)38/h15-20H,1-14H3. The Hall–Kier alpha value is 0. The molecule has 0 heteroatoms. The van der Waals surface area contributed by atoms with E-state index >= 15 is 0 Å². The van der Waals surface area contributed by atoms with E-state index in [2.05, 4.69) is 96.9 Å². The van der Waals surface area contributed by atoms with Crippen LogP contribution in [-0.2, 0) is 0 Å². The third kappa shape index (κ3) is 0.490. The summed E-state index contributed by atoms with van der Waals surface area (Å²) in [6, 6.07) is 0. The van der Waals surface area contributed by atoms with Crippen molar-refractivity contribution in [2.75, 3.05) is 0 Å². The Morgan fingerprint density at radius 2 is 0.923 bits per heavy atom. The molecule has 0 N–H and O–H groups in total. The molecule has 0 aromatic rings. The summed E-state index contributed by atoms with van der Waals surface area (Å²) >= 11 is 0. The van der Waals surface area contributed by atoms with Gasteiger partial charge in [0.05, 0.1) is 0 Å². The quantitative estimate of drug-likeness (QED) is 0.307. The highest BCUT2D eigenvalue weighted by Crippen LogP contribution is 3.57. The predicted octanol–water partition coefficient (Wildman–Crippen LogP) is 7.92. The minimum atomic E-state index is 0.447. The van der Waals surface area contributed by atoms with Crippen LogP contribution in [0.3, 0.4) is 0 Å². The third-order valence-electron chi connectivity index (χ3n) is 29.1. The van der Waals surface area contributed by atoms with E-state index in [9.17, 15) is 0 Å². The molecule has 9 spiro atoms. The Balaban J connectivity index is 1.17. The number of hydrogen-bond donors (Lipinski definition) is 0. The first kappa shape index (κ1) is 19.3. The highest BCUT2D eigenvalue weighted by atomic mass is 15.6. The molecule has 0 saturated heterocycles. The summed E-state index contributed by atoms with van der Waals surface area (Å²) in [7, 11) is 0. The largest absolute Gasteiger partial charge is 0.0619 e. The van der Waals surface area contributed by atoms with E-state index in [0.29, 0.717) is 65.0 Å². The maximum atomic E-state index is 3.00. The van der Waals surface area contributed by atoms with Crippen LogP contribution >= 0.6 is 0 Å². The Bertz CT molecular complexity index is 1850. The first-order valence-corrected chi connectivity index (χ1v) is 17.8. The van der Waals surface area contributed by atoms with Gasteiger partial charge in [-0.1, -0.05) is 96.9 Å². The zero-order chi connectivity index (χ0) is 27.0. The van der Waals surface area contributed by atoms with E-state index < -0.39 is 0 Å². The molecule has 0 aliphatic heterocycles. The number of hydrogen-bond acceptors (Lipinski definition) is 0. The zero-order valence-corrected chi connectivity index (χ0v) is 27.0. The van der Waals surface area contributed by atoms with E-state index in [1.165, 1.54) is 5.92 Å². The number of fused-ring (bicyclic) bond motifs is 8. The lowest BCUT2D eigenvalue weighted by Gasteiger charge is -3.55. The summed E-state index contributed by atoms with van der Waals surface area (Å²) in [6.45, 7) is 40.7. The van der Waals surface area contributed by atoms with Crippen molar-refractivity contribution in [3.8, 4) is 0 Å². The van der Waals surface area contributed by atoms with Gasteiger partial charge < -0.3 is 0 Å². The molecule has 16 saturated carbocycles. The fourth-order valence-corrected chi connectivity index (χ4v) is 32.7. The van der Waals surface area contributed by atoms with E-state index in [-0.39, 0.29) is 0 Å². The van der Waals surface area contributed by atoms with Gasteiger partial charge in [-0.2, -0.15) is 0 Å². The summed E-state index contributed by atoms with van der Waals surface area (Å²) in [5.41, 5.74) is 12.5. The first-order chi connectivity index (χ1) is 17.8. The van der Waals surface area contributed by atoms with Gasteiger partial charge in [0.2, 0.25) is 0 Å². The van der Waals surface area contributed by atoms with Crippen molar-refractivity contribution in [2.45, 2.75) is 96.9 Å². The van der Waals surface area contributed by atoms with Crippen molar-refractivity contribution < 1.29 is 0 Å². The smallest absolute Gasteiger partial charge is 0.000496 e. The summed E-state index contributed by atoms with van der Waals surface area (Å²) in [6.07, 6.45) is 0. The second kappa shape index (κ2) is 2.99. The molecule has 23 unspecified atom stereocenters. The molecule has 0 aromatic carbocycles. The number of rotatable bonds is 0. The average molecular weight is 517 g/mol. The lowest BCUT2D eigenvalue weighted by atomic mass is 8.47. The lowest BCUT2D eigenvalue weighted by Crippen LogP contribution is -3.53. The zero-order valence-electron chi connectivity index (χ0n) is 27.0. The van der Waals surface area contributed by atoms with Crippen LogP contribution in [0.2, 0.25) is 0 Å². The summed E-state index contributed by atoms with van der Waals surface area (Å²) in [4.78, 5) is 0. The normalized spacial score (nSPS) is 106. The predicted molar refractivity (Wildman–Crippen MR) is 147 cm³/mol. The molecule has 16 rings (SSSR count). The fourth-order valence-electron chi connectivity index (χ4n) is 32.7. The van der Waals surface area contributed by atoms with Crippen molar-refractivity contribution in [1.29, 1.82) is 0 Å². The molecule has 16 aliphatic carbocycles. The molecule has 16 aliphatic rings. The molecule has 0 heterocycles. The second-order valence-electron chi connectivity index (χ2n) is 23.1. The first-order valence-electron chi connectivity index (χ1n) is 17.8. The molecular formula is C39H48. The van der Waals surface area contributed by atoms with Crippen LogP contribution in [0.25, 0.3) is 0 Å². The van der Waals surface area contributed by atoms with Crippen molar-refractivity contribution in [1.82, 2.24) is 0 Å². The van der Waals surface area contributed by atoms with Crippen LogP contribution < -0.4 is 0 Å².